The van der Waals surface area contributed by atoms with E-state index in [-0.39, 0.29) is 18.0 Å². The summed E-state index contributed by atoms with van der Waals surface area (Å²) in [5.41, 5.74) is -0.471. The average molecular weight is 297 g/mol. The number of carbonyl (C=O) groups excluding carboxylic acids is 2. The van der Waals surface area contributed by atoms with Gasteiger partial charge in [-0.1, -0.05) is 0 Å². The van der Waals surface area contributed by atoms with Gasteiger partial charge >= 0.3 is 6.09 Å². The second-order valence-electron chi connectivity index (χ2n) is 6.99. The van der Waals surface area contributed by atoms with Crippen molar-refractivity contribution in [3.63, 3.8) is 0 Å². The van der Waals surface area contributed by atoms with E-state index in [9.17, 15) is 9.59 Å². The Morgan fingerprint density at radius 3 is 2.52 bits per heavy atom. The average Bonchev–Trinajstić information content (AvgIpc) is 3.19. The lowest BCUT2D eigenvalue weighted by Crippen LogP contribution is -2.51. The van der Waals surface area contributed by atoms with Crippen LogP contribution in [0.5, 0.6) is 0 Å². The normalized spacial score (nSPS) is 22.8. The molecule has 2 amide bonds. The first-order chi connectivity index (χ1) is 9.83. The van der Waals surface area contributed by atoms with Crippen LogP contribution >= 0.6 is 0 Å². The Morgan fingerprint density at radius 2 is 1.90 bits per heavy atom. The number of amides is 2. The zero-order chi connectivity index (χ0) is 15.5. The maximum atomic E-state index is 12.0. The first kappa shape index (κ1) is 16.1. The Kier molecular flexibility index (Phi) is 5.08. The Labute approximate surface area is 126 Å². The number of carbonyl (C=O) groups is 2. The van der Waals surface area contributed by atoms with Gasteiger partial charge in [-0.05, 0) is 46.5 Å². The fourth-order valence-corrected chi connectivity index (χ4v) is 2.38. The summed E-state index contributed by atoms with van der Waals surface area (Å²) < 4.78 is 5.39. The third kappa shape index (κ3) is 5.91. The minimum Gasteiger partial charge on any atom is -0.444 e. The molecule has 1 aliphatic carbocycles. The van der Waals surface area contributed by atoms with Crippen LogP contribution in [0.4, 0.5) is 4.79 Å². The summed E-state index contributed by atoms with van der Waals surface area (Å²) >= 11 is 0. The quantitative estimate of drug-likeness (QED) is 0.819. The molecular weight excluding hydrogens is 270 g/mol. The summed E-state index contributed by atoms with van der Waals surface area (Å²) in [4.78, 5) is 25.4. The van der Waals surface area contributed by atoms with Gasteiger partial charge in [0.25, 0.3) is 0 Å². The van der Waals surface area contributed by atoms with Crippen LogP contribution in [0, 0.1) is 0 Å². The van der Waals surface area contributed by atoms with Crippen molar-refractivity contribution in [1.29, 1.82) is 0 Å². The number of nitrogens with one attached hydrogen (secondary N) is 2. The molecule has 6 nitrogen and oxygen atoms in total. The van der Waals surface area contributed by atoms with Crippen molar-refractivity contribution >= 4 is 12.0 Å². The van der Waals surface area contributed by atoms with Crippen LogP contribution in [-0.2, 0) is 9.53 Å². The van der Waals surface area contributed by atoms with Gasteiger partial charge in [-0.2, -0.15) is 0 Å². The molecule has 1 unspecified atom stereocenters. The number of rotatable bonds is 4. The number of hydrogen-bond donors (Lipinski definition) is 2. The van der Waals surface area contributed by atoms with E-state index in [0.717, 1.165) is 32.2 Å². The van der Waals surface area contributed by atoms with Gasteiger partial charge in [-0.25, -0.2) is 4.79 Å². The first-order valence-corrected chi connectivity index (χ1v) is 7.84. The number of ether oxygens (including phenoxy) is 1. The maximum absolute atomic E-state index is 12.0. The van der Waals surface area contributed by atoms with Crippen LogP contribution in [-0.4, -0.2) is 54.2 Å². The standard InChI is InChI=1S/C15H27N3O3/c1-15(2,3)21-14(20)18-8-4-5-12(10-18)16-9-13(19)17-11-6-7-11/h11-12,16H,4-10H2,1-3H3,(H,17,19). The summed E-state index contributed by atoms with van der Waals surface area (Å²) in [5, 5.41) is 6.19. The van der Waals surface area contributed by atoms with E-state index in [1.54, 1.807) is 4.90 Å². The highest BCUT2D eigenvalue weighted by Gasteiger charge is 2.28. The zero-order valence-corrected chi connectivity index (χ0v) is 13.3. The molecule has 1 heterocycles. The van der Waals surface area contributed by atoms with Gasteiger partial charge in [-0.15, -0.1) is 0 Å². The van der Waals surface area contributed by atoms with Gasteiger partial charge in [0.05, 0.1) is 6.54 Å². The minimum absolute atomic E-state index is 0.0480. The highest BCUT2D eigenvalue weighted by molar-refractivity contribution is 5.78. The molecule has 2 fully saturated rings. The Bertz CT molecular complexity index is 388. The molecule has 2 rings (SSSR count). The van der Waals surface area contributed by atoms with Crippen molar-refractivity contribution in [3.8, 4) is 0 Å². The summed E-state index contributed by atoms with van der Waals surface area (Å²) in [6.45, 7) is 7.25. The topological polar surface area (TPSA) is 70.7 Å². The van der Waals surface area contributed by atoms with E-state index < -0.39 is 5.60 Å². The molecule has 1 atom stereocenters. The molecule has 0 radical (unpaired) electrons. The van der Waals surface area contributed by atoms with Crippen LogP contribution in [0.15, 0.2) is 0 Å². The van der Waals surface area contributed by atoms with E-state index in [4.69, 9.17) is 4.74 Å². The molecule has 21 heavy (non-hydrogen) atoms. The molecule has 0 spiro atoms. The molecule has 0 bridgehead atoms. The van der Waals surface area contributed by atoms with Crippen LogP contribution < -0.4 is 10.6 Å². The van der Waals surface area contributed by atoms with Crippen molar-refractivity contribution in [2.45, 2.75) is 64.1 Å². The largest absolute Gasteiger partial charge is 0.444 e. The third-order valence-electron chi connectivity index (χ3n) is 3.57. The lowest BCUT2D eigenvalue weighted by atomic mass is 10.1. The predicted molar refractivity (Wildman–Crippen MR) is 80.0 cm³/mol. The third-order valence-corrected chi connectivity index (χ3v) is 3.57. The summed E-state index contributed by atoms with van der Waals surface area (Å²) in [6.07, 6.45) is 3.84. The Hall–Kier alpha value is -1.30. The minimum atomic E-state index is -0.471. The Morgan fingerprint density at radius 1 is 1.19 bits per heavy atom. The second kappa shape index (κ2) is 6.64. The van der Waals surface area contributed by atoms with Crippen molar-refractivity contribution in [2.24, 2.45) is 0 Å². The molecule has 1 aliphatic heterocycles. The zero-order valence-electron chi connectivity index (χ0n) is 13.3. The molecule has 2 N–H and O–H groups in total. The molecular formula is C15H27N3O3. The monoisotopic (exact) mass is 297 g/mol. The predicted octanol–water partition coefficient (Wildman–Crippen LogP) is 1.25. The molecule has 0 aromatic rings. The van der Waals surface area contributed by atoms with E-state index in [1.807, 2.05) is 20.8 Å². The first-order valence-electron chi connectivity index (χ1n) is 7.84. The van der Waals surface area contributed by atoms with Gasteiger partial charge in [0.15, 0.2) is 0 Å². The van der Waals surface area contributed by atoms with Crippen LogP contribution in [0.25, 0.3) is 0 Å². The highest BCUT2D eigenvalue weighted by Crippen LogP contribution is 2.18. The van der Waals surface area contributed by atoms with Crippen molar-refractivity contribution < 1.29 is 14.3 Å². The van der Waals surface area contributed by atoms with E-state index >= 15 is 0 Å². The van der Waals surface area contributed by atoms with Crippen molar-refractivity contribution in [2.75, 3.05) is 19.6 Å². The molecule has 2 aliphatic rings. The molecule has 0 aromatic heterocycles. The smallest absolute Gasteiger partial charge is 0.410 e. The van der Waals surface area contributed by atoms with Crippen LogP contribution in [0.1, 0.15) is 46.5 Å². The van der Waals surface area contributed by atoms with E-state index in [1.165, 1.54) is 0 Å². The fourth-order valence-electron chi connectivity index (χ4n) is 2.38. The summed E-state index contributed by atoms with van der Waals surface area (Å²) in [5.74, 6) is 0.0480. The van der Waals surface area contributed by atoms with Crippen molar-refractivity contribution in [3.05, 3.63) is 0 Å². The van der Waals surface area contributed by atoms with Gasteiger partial charge < -0.3 is 20.3 Å². The molecule has 1 saturated carbocycles. The Balaban J connectivity index is 1.72. The number of nitrogens with zero attached hydrogens (tertiary/aromatic N) is 1. The van der Waals surface area contributed by atoms with Crippen LogP contribution in [0.3, 0.4) is 0 Å². The molecule has 1 saturated heterocycles. The second-order valence-corrected chi connectivity index (χ2v) is 6.99. The van der Waals surface area contributed by atoms with E-state index in [0.29, 0.717) is 19.1 Å². The van der Waals surface area contributed by atoms with E-state index in [2.05, 4.69) is 10.6 Å². The van der Waals surface area contributed by atoms with Gasteiger partial charge in [0.2, 0.25) is 5.91 Å². The SMILES string of the molecule is CC(C)(C)OC(=O)N1CCCC(NCC(=O)NC2CC2)C1. The fraction of sp³-hybridized carbons (Fsp3) is 0.867. The summed E-state index contributed by atoms with van der Waals surface area (Å²) in [6, 6.07) is 0.556. The van der Waals surface area contributed by atoms with Crippen LogP contribution in [0.2, 0.25) is 0 Å². The van der Waals surface area contributed by atoms with Crippen molar-refractivity contribution in [1.82, 2.24) is 15.5 Å². The van der Waals surface area contributed by atoms with Gasteiger partial charge in [0.1, 0.15) is 5.60 Å². The summed E-state index contributed by atoms with van der Waals surface area (Å²) in [7, 11) is 0. The number of likely N-dealkylation sites (tertiary alicyclic amines) is 1. The molecule has 120 valence electrons. The molecule has 6 heteroatoms. The lowest BCUT2D eigenvalue weighted by molar-refractivity contribution is -0.120. The lowest BCUT2D eigenvalue weighted by Gasteiger charge is -2.34. The number of hydrogen-bond acceptors (Lipinski definition) is 4. The highest BCUT2D eigenvalue weighted by atomic mass is 16.6. The number of piperidine rings is 1. The maximum Gasteiger partial charge on any atom is 0.410 e. The van der Waals surface area contributed by atoms with Gasteiger partial charge in [-0.3, -0.25) is 4.79 Å². The molecule has 0 aromatic carbocycles. The van der Waals surface area contributed by atoms with Gasteiger partial charge in [0, 0.05) is 25.2 Å².